The van der Waals surface area contributed by atoms with Gasteiger partial charge in [0, 0.05) is 114 Å². The van der Waals surface area contributed by atoms with Crippen LogP contribution in [0.15, 0.2) is 30.3 Å². The Hall–Kier alpha value is -7.40. The quantitative estimate of drug-likeness (QED) is 0.0481. The molecule has 13 unspecified atom stereocenters. The number of amides is 6. The third-order valence-electron chi connectivity index (χ3n) is 38.0. The summed E-state index contributed by atoms with van der Waals surface area (Å²) in [4.78, 5) is 81.1. The number of carbonyl (C=O) groups excluding carboxylic acids is 6. The number of anilines is 1. The van der Waals surface area contributed by atoms with Crippen LogP contribution in [0.4, 0.5) is 10.5 Å². The molecule has 0 aliphatic heterocycles. The number of urea groups is 1. The second kappa shape index (κ2) is 36.1. The Morgan fingerprint density at radius 1 is 0.419 bits per heavy atom. The molecular formula is C106H157N15O8. The van der Waals surface area contributed by atoms with Crippen molar-refractivity contribution in [3.05, 3.63) is 98.1 Å². The zero-order valence-corrected chi connectivity index (χ0v) is 80.3. The van der Waals surface area contributed by atoms with Crippen molar-refractivity contribution in [2.24, 2.45) is 79.6 Å². The molecule has 4 heterocycles. The lowest BCUT2D eigenvalue weighted by Crippen LogP contribution is -2.56. The molecular weight excluding hydrogens is 1610 g/mol. The normalized spacial score (nSPS) is 34.2. The molecule has 18 aliphatic carbocycles. The topological polar surface area (TPSA) is 293 Å². The van der Waals surface area contributed by atoms with Crippen molar-refractivity contribution in [3.63, 3.8) is 0 Å². The molecule has 0 saturated heterocycles. The number of carbonyl (C=O) groups is 6. The highest BCUT2D eigenvalue weighted by Gasteiger charge is 2.63. The Balaban J connectivity index is 0.000000113. The average molecular weight is 1770 g/mol. The van der Waals surface area contributed by atoms with Crippen molar-refractivity contribution >= 4 is 41.3 Å². The van der Waals surface area contributed by atoms with Crippen molar-refractivity contribution in [2.45, 2.75) is 437 Å². The molecule has 23 heteroatoms. The maximum atomic E-state index is 13.9. The fourth-order valence-corrected chi connectivity index (χ4v) is 31.3. The molecule has 129 heavy (non-hydrogen) atoms. The summed E-state index contributed by atoms with van der Waals surface area (Å²) in [7, 11) is 1.81. The van der Waals surface area contributed by atoms with Crippen LogP contribution in [0, 0.1) is 73.9 Å². The smallest absolute Gasteiger partial charge is 0.321 e. The Kier molecular flexibility index (Phi) is 25.4. The molecule has 4 aromatic heterocycles. The van der Waals surface area contributed by atoms with E-state index in [0.29, 0.717) is 95.9 Å². The number of aliphatic hydroxyl groups excluding tert-OH is 1. The maximum Gasteiger partial charge on any atom is 0.321 e. The van der Waals surface area contributed by atoms with Crippen molar-refractivity contribution < 1.29 is 38.6 Å². The molecule has 10 bridgehead atoms. The molecule has 14 saturated carbocycles. The first kappa shape index (κ1) is 90.8. The van der Waals surface area contributed by atoms with Gasteiger partial charge in [-0.05, 0) is 292 Å². The number of hydrogen-bond acceptors (Lipinski definition) is 13. The fraction of sp³-hybridized carbons (Fsp3) is 0.774. The molecule has 0 spiro atoms. The fourth-order valence-electron chi connectivity index (χ4n) is 31.3. The first-order chi connectivity index (χ1) is 61.8. The van der Waals surface area contributed by atoms with Gasteiger partial charge in [-0.2, -0.15) is 20.4 Å². The zero-order valence-electron chi connectivity index (χ0n) is 80.3. The summed E-state index contributed by atoms with van der Waals surface area (Å²) in [6, 6.07) is 12.3. The van der Waals surface area contributed by atoms with Crippen LogP contribution in [-0.2, 0) is 60.9 Å². The molecule has 18 aliphatic rings. The lowest BCUT2D eigenvalue weighted by molar-refractivity contribution is -0.146. The predicted octanol–water partition coefficient (Wildman–Crippen LogP) is 18.7. The van der Waals surface area contributed by atoms with E-state index in [0.717, 1.165) is 142 Å². The van der Waals surface area contributed by atoms with Crippen LogP contribution in [0.1, 0.15) is 424 Å². The summed E-state index contributed by atoms with van der Waals surface area (Å²) in [6.07, 6.45) is 51.2. The SMILES string of the molecule is CC(=O)OC1CCc2c(c(C(=O)NC3C4(C)CCC(C4)C3(C)C)nn2C2CCCCC2)C1.CC12CCC(C1)C(C)(C)C2NC(=O)c1nn(C2CCCCC2)c2c1CC(N)CC2.CC12CCC(C1)C(C)(C)C2NC(=O)c1nn(C2CCCCC2)c2c1CC(O)CC2.CN(C(=O)NC1CCc2c(c(C(=O)NC3C4CC5CC(C4)CC3C5)nn2C2CCCCC2)C1)c1ccccc1. The third kappa shape index (κ3) is 17.5. The molecule has 13 atom stereocenters. The minimum absolute atomic E-state index is 0.00658. The Bertz CT molecular complexity index is 4770. The molecule has 23 nitrogen and oxygen atoms in total. The Morgan fingerprint density at radius 2 is 0.775 bits per heavy atom. The summed E-state index contributed by atoms with van der Waals surface area (Å²) >= 11 is 0. The molecule has 5 aromatic rings. The maximum absolute atomic E-state index is 13.9. The number of nitrogens with zero attached hydrogens (tertiary/aromatic N) is 9. The number of aliphatic hydroxyl groups is 1. The minimum Gasteiger partial charge on any atom is -0.462 e. The van der Waals surface area contributed by atoms with Crippen molar-refractivity contribution in [1.29, 1.82) is 0 Å². The monoisotopic (exact) mass is 1770 g/mol. The van der Waals surface area contributed by atoms with E-state index in [4.69, 9.17) is 30.9 Å². The number of fused-ring (bicyclic) bond motifs is 10. The van der Waals surface area contributed by atoms with Crippen LogP contribution in [-0.4, -0.2) is 135 Å². The molecule has 6 amide bonds. The molecule has 704 valence electrons. The number of nitrogens with two attached hydrogens (primary N) is 1. The van der Waals surface area contributed by atoms with Crippen molar-refractivity contribution in [1.82, 2.24) is 65.7 Å². The minimum atomic E-state index is -0.352. The van der Waals surface area contributed by atoms with Gasteiger partial charge in [-0.3, -0.25) is 47.6 Å². The highest BCUT2D eigenvalue weighted by Crippen LogP contribution is 2.65. The van der Waals surface area contributed by atoms with E-state index in [2.05, 4.69) is 108 Å². The first-order valence-electron chi connectivity index (χ1n) is 52.2. The van der Waals surface area contributed by atoms with Gasteiger partial charge in [0.05, 0.1) is 30.3 Å². The summed E-state index contributed by atoms with van der Waals surface area (Å²) in [6.45, 7) is 22.5. The van der Waals surface area contributed by atoms with Crippen LogP contribution in [0.5, 0.6) is 0 Å². The highest BCUT2D eigenvalue weighted by molar-refractivity contribution is 5.97. The molecule has 23 rings (SSSR count). The second-order valence-electron chi connectivity index (χ2n) is 47.6. The van der Waals surface area contributed by atoms with E-state index in [9.17, 15) is 33.9 Å². The Morgan fingerprint density at radius 3 is 1.16 bits per heavy atom. The van der Waals surface area contributed by atoms with E-state index in [1.165, 1.54) is 209 Å². The standard InChI is InChI=1S/C32H43N5O2.C26H39N3O3.C24H38N4O.C24H37N3O2/c1-36(25-8-4-2-5-9-25)32(39)33-24-12-13-28-27(19-24)30(35-37(28)26-10-6-3-7-11-26)31(38)34-29-22-15-20-14-21(17-22)18-23(29)16-20;1-16(30)32-19-10-11-21-20(14-19)22(28-29(21)18-8-6-5-7-9-18)23(31)27-24-25(2,3)17-12-13-26(24,4)15-17;1-23(2)15-11-12-24(3,14-15)22(23)26-21(29)20-18-13-16(25)9-10-19(18)28(27-20)17-7-5-4-6-8-17;1-23(2)15-11-12-24(3,14-15)22(23)25-21(29)20-18-13-17(28)9-10-19(18)27(26-20)16-7-5-4-6-8-16/h2,4-5,8-9,20-24,26,29H,3,6-7,10-19H2,1H3,(H,33,39)(H,34,38);17-19,24H,5-15H2,1-4H3,(H,27,31);15-17,22H,4-14,25H2,1-3H3,(H,26,29);15-17,22,28H,4-14H2,1-3H3,(H,25,29). The molecule has 8 N–H and O–H groups in total. The number of nitrogens with one attached hydrogen (secondary N) is 5. The number of benzene rings is 1. The van der Waals surface area contributed by atoms with E-state index in [1.807, 2.05) is 37.4 Å². The largest absolute Gasteiger partial charge is 0.462 e. The number of hydrogen-bond donors (Lipinski definition) is 7. The van der Waals surface area contributed by atoms with Gasteiger partial charge in [-0.25, -0.2) is 4.79 Å². The lowest BCUT2D eigenvalue weighted by atomic mass is 9.54. The second-order valence-corrected chi connectivity index (χ2v) is 47.6. The van der Waals surface area contributed by atoms with Gasteiger partial charge in [0.15, 0.2) is 22.8 Å². The summed E-state index contributed by atoms with van der Waals surface area (Å²) in [5.74, 6) is 4.92. The summed E-state index contributed by atoms with van der Waals surface area (Å²) in [5.41, 5.74) is 19.8. The molecule has 1 aromatic carbocycles. The van der Waals surface area contributed by atoms with E-state index in [-0.39, 0.29) is 111 Å². The van der Waals surface area contributed by atoms with Crippen LogP contribution < -0.4 is 37.2 Å². The van der Waals surface area contributed by atoms with Crippen LogP contribution >= 0.6 is 0 Å². The van der Waals surface area contributed by atoms with Crippen molar-refractivity contribution in [2.75, 3.05) is 11.9 Å². The van der Waals surface area contributed by atoms with Gasteiger partial charge in [-0.1, -0.05) is 158 Å². The van der Waals surface area contributed by atoms with Gasteiger partial charge in [-0.15, -0.1) is 0 Å². The Labute approximate surface area is 768 Å². The van der Waals surface area contributed by atoms with Gasteiger partial charge in [0.1, 0.15) is 6.10 Å². The van der Waals surface area contributed by atoms with Crippen molar-refractivity contribution in [3.8, 4) is 0 Å². The third-order valence-corrected chi connectivity index (χ3v) is 38.0. The van der Waals surface area contributed by atoms with E-state index < -0.39 is 0 Å². The lowest BCUT2D eigenvalue weighted by Gasteiger charge is -2.54. The number of esters is 1. The number of para-hydroxylation sites is 1. The predicted molar refractivity (Wildman–Crippen MR) is 502 cm³/mol. The van der Waals surface area contributed by atoms with Gasteiger partial charge in [0.25, 0.3) is 23.6 Å². The summed E-state index contributed by atoms with van der Waals surface area (Å²) in [5, 5.41) is 47.4. The first-order valence-corrected chi connectivity index (χ1v) is 52.2. The highest BCUT2D eigenvalue weighted by atomic mass is 16.5. The molecule has 0 radical (unpaired) electrons. The summed E-state index contributed by atoms with van der Waals surface area (Å²) < 4.78 is 14.4. The number of aromatic nitrogens is 8. The van der Waals surface area contributed by atoms with Gasteiger partial charge >= 0.3 is 12.0 Å². The molecule has 14 fully saturated rings. The van der Waals surface area contributed by atoms with E-state index in [1.54, 1.807) is 4.90 Å². The van der Waals surface area contributed by atoms with E-state index >= 15 is 0 Å². The van der Waals surface area contributed by atoms with Crippen LogP contribution in [0.3, 0.4) is 0 Å². The number of ether oxygens (including phenoxy) is 1. The van der Waals surface area contributed by atoms with Crippen LogP contribution in [0.25, 0.3) is 0 Å². The van der Waals surface area contributed by atoms with Crippen LogP contribution in [0.2, 0.25) is 0 Å². The number of rotatable bonds is 15. The average Bonchev–Trinajstić information content (AvgIpc) is 1.56. The zero-order chi connectivity index (χ0) is 90.0. The van der Waals surface area contributed by atoms with Gasteiger partial charge in [0.2, 0.25) is 0 Å². The van der Waals surface area contributed by atoms with Gasteiger partial charge < -0.3 is 42.2 Å².